The number of esters is 1. The molecular weight excluding hydrogens is 348 g/mol. The Labute approximate surface area is 149 Å². The first-order chi connectivity index (χ1) is 12.0. The first-order valence-electron chi connectivity index (χ1n) is 7.77. The van der Waals surface area contributed by atoms with Gasteiger partial charge in [-0.1, -0.05) is 17.7 Å². The summed E-state index contributed by atoms with van der Waals surface area (Å²) in [6.45, 7) is 3.30. The Balaban J connectivity index is 1.65. The molecule has 1 aliphatic rings. The van der Waals surface area contributed by atoms with Crippen molar-refractivity contribution in [2.24, 2.45) is 0 Å². The highest BCUT2D eigenvalue weighted by molar-refractivity contribution is 6.30. The van der Waals surface area contributed by atoms with E-state index in [9.17, 15) is 9.59 Å². The minimum atomic E-state index is -0.688. The predicted molar refractivity (Wildman–Crippen MR) is 88.8 cm³/mol. The van der Waals surface area contributed by atoms with E-state index in [1.807, 2.05) is 0 Å². The molecule has 1 fully saturated rings. The Hall–Kier alpha value is -2.45. The Morgan fingerprint density at radius 2 is 2.04 bits per heavy atom. The molecule has 132 valence electrons. The van der Waals surface area contributed by atoms with Crippen LogP contribution in [0.4, 0.5) is 0 Å². The van der Waals surface area contributed by atoms with Gasteiger partial charge in [-0.15, -0.1) is 5.10 Å². The minimum Gasteiger partial charge on any atom is -0.451 e. The maximum atomic E-state index is 12.2. The maximum absolute atomic E-state index is 12.2. The van der Waals surface area contributed by atoms with E-state index in [0.29, 0.717) is 42.7 Å². The van der Waals surface area contributed by atoms with Gasteiger partial charge in [0.05, 0.1) is 24.6 Å². The van der Waals surface area contributed by atoms with Crippen molar-refractivity contribution < 1.29 is 19.1 Å². The number of carbonyl (C=O) groups excluding carboxylic acids is 2. The molecule has 2 heterocycles. The van der Waals surface area contributed by atoms with Crippen molar-refractivity contribution in [3.63, 3.8) is 0 Å². The number of nitrogens with zero attached hydrogens (tertiary/aromatic N) is 4. The second-order valence-corrected chi connectivity index (χ2v) is 5.91. The largest absolute Gasteiger partial charge is 0.451 e. The van der Waals surface area contributed by atoms with Crippen molar-refractivity contribution in [2.45, 2.75) is 6.92 Å². The van der Waals surface area contributed by atoms with Crippen molar-refractivity contribution in [3.05, 3.63) is 40.7 Å². The van der Waals surface area contributed by atoms with Crippen molar-refractivity contribution >= 4 is 23.5 Å². The van der Waals surface area contributed by atoms with Crippen LogP contribution in [0.15, 0.2) is 24.3 Å². The molecule has 1 saturated heterocycles. The third-order valence-electron chi connectivity index (χ3n) is 3.71. The summed E-state index contributed by atoms with van der Waals surface area (Å²) in [6, 6.07) is 6.93. The summed E-state index contributed by atoms with van der Waals surface area (Å²) < 4.78 is 10.3. The lowest BCUT2D eigenvalue weighted by molar-refractivity contribution is -0.138. The summed E-state index contributed by atoms with van der Waals surface area (Å²) in [7, 11) is 0. The zero-order valence-electron chi connectivity index (χ0n) is 13.6. The molecule has 0 unspecified atom stereocenters. The molecule has 0 radical (unpaired) electrons. The van der Waals surface area contributed by atoms with E-state index in [4.69, 9.17) is 21.1 Å². The number of aryl methyl sites for hydroxylation is 1. The van der Waals surface area contributed by atoms with Gasteiger partial charge in [0, 0.05) is 18.1 Å². The zero-order valence-corrected chi connectivity index (χ0v) is 14.4. The van der Waals surface area contributed by atoms with Gasteiger partial charge in [0.25, 0.3) is 5.91 Å². The molecule has 0 spiro atoms. The topological polar surface area (TPSA) is 86.6 Å². The number of amides is 1. The molecule has 0 bridgehead atoms. The van der Waals surface area contributed by atoms with E-state index in [1.54, 1.807) is 36.1 Å². The summed E-state index contributed by atoms with van der Waals surface area (Å²) in [5.41, 5.74) is 1.09. The van der Waals surface area contributed by atoms with E-state index in [2.05, 4.69) is 10.2 Å². The SMILES string of the molecule is Cc1nn(-c2cccc(Cl)c2)nc1C(=O)OCC(=O)N1CCOCC1. The third kappa shape index (κ3) is 4.15. The van der Waals surface area contributed by atoms with E-state index < -0.39 is 5.97 Å². The van der Waals surface area contributed by atoms with Gasteiger partial charge in [0.2, 0.25) is 0 Å². The fourth-order valence-corrected chi connectivity index (χ4v) is 2.57. The standard InChI is InChI=1S/C16H17ClN4O4/c1-11-15(19-21(18-11)13-4-2-3-12(17)9-13)16(23)25-10-14(22)20-5-7-24-8-6-20/h2-4,9H,5-8,10H2,1H3. The van der Waals surface area contributed by atoms with Gasteiger partial charge in [0.1, 0.15) is 0 Å². The molecule has 2 aromatic rings. The summed E-state index contributed by atoms with van der Waals surface area (Å²) in [5, 5.41) is 8.87. The summed E-state index contributed by atoms with van der Waals surface area (Å²) >= 11 is 5.95. The maximum Gasteiger partial charge on any atom is 0.361 e. The molecule has 1 aromatic carbocycles. The second kappa shape index (κ2) is 7.62. The van der Waals surface area contributed by atoms with E-state index >= 15 is 0 Å². The number of rotatable bonds is 4. The van der Waals surface area contributed by atoms with Gasteiger partial charge in [-0.2, -0.15) is 9.90 Å². The first-order valence-corrected chi connectivity index (χ1v) is 8.15. The van der Waals surface area contributed by atoms with Crippen LogP contribution in [0.5, 0.6) is 0 Å². The molecule has 8 nitrogen and oxygen atoms in total. The number of carbonyl (C=O) groups is 2. The monoisotopic (exact) mass is 364 g/mol. The summed E-state index contributed by atoms with van der Waals surface area (Å²) in [5.74, 6) is -0.941. The van der Waals surface area contributed by atoms with Crippen LogP contribution in [0.25, 0.3) is 5.69 Å². The Morgan fingerprint density at radius 1 is 1.28 bits per heavy atom. The number of morpholine rings is 1. The molecule has 1 amide bonds. The number of aromatic nitrogens is 3. The number of benzene rings is 1. The fourth-order valence-electron chi connectivity index (χ4n) is 2.38. The van der Waals surface area contributed by atoms with Crippen molar-refractivity contribution in [1.82, 2.24) is 19.9 Å². The van der Waals surface area contributed by atoms with Crippen LogP contribution < -0.4 is 0 Å². The zero-order chi connectivity index (χ0) is 17.8. The average molecular weight is 365 g/mol. The summed E-state index contributed by atoms with van der Waals surface area (Å²) in [6.07, 6.45) is 0. The lowest BCUT2D eigenvalue weighted by atomic mass is 10.3. The number of hydrogen-bond acceptors (Lipinski definition) is 6. The summed E-state index contributed by atoms with van der Waals surface area (Å²) in [4.78, 5) is 27.1. The van der Waals surface area contributed by atoms with Crippen LogP contribution in [-0.2, 0) is 14.3 Å². The van der Waals surface area contributed by atoms with E-state index in [1.165, 1.54) is 4.80 Å². The number of ether oxygens (including phenoxy) is 2. The smallest absolute Gasteiger partial charge is 0.361 e. The second-order valence-electron chi connectivity index (χ2n) is 5.47. The van der Waals surface area contributed by atoms with Crippen molar-refractivity contribution in [3.8, 4) is 5.69 Å². The number of halogens is 1. The lowest BCUT2D eigenvalue weighted by Gasteiger charge is -2.26. The average Bonchev–Trinajstić information content (AvgIpc) is 3.02. The van der Waals surface area contributed by atoms with Gasteiger partial charge in [0.15, 0.2) is 12.3 Å². The van der Waals surface area contributed by atoms with Gasteiger partial charge >= 0.3 is 5.97 Å². The molecule has 3 rings (SSSR count). The van der Waals surface area contributed by atoms with Gasteiger partial charge in [-0.25, -0.2) is 4.79 Å². The van der Waals surface area contributed by atoms with E-state index in [-0.39, 0.29) is 18.2 Å². The van der Waals surface area contributed by atoms with Crippen LogP contribution in [-0.4, -0.2) is 64.7 Å². The molecule has 9 heteroatoms. The van der Waals surface area contributed by atoms with Crippen molar-refractivity contribution in [2.75, 3.05) is 32.9 Å². The molecule has 1 aromatic heterocycles. The number of hydrogen-bond donors (Lipinski definition) is 0. The molecule has 25 heavy (non-hydrogen) atoms. The third-order valence-corrected chi connectivity index (χ3v) is 3.94. The molecule has 0 N–H and O–H groups in total. The van der Waals surface area contributed by atoms with Gasteiger partial charge in [-0.05, 0) is 25.1 Å². The Morgan fingerprint density at radius 3 is 2.76 bits per heavy atom. The van der Waals surface area contributed by atoms with Crippen LogP contribution in [0.1, 0.15) is 16.2 Å². The highest BCUT2D eigenvalue weighted by Crippen LogP contribution is 2.15. The normalized spacial score (nSPS) is 14.4. The molecule has 1 aliphatic heterocycles. The van der Waals surface area contributed by atoms with Crippen LogP contribution in [0, 0.1) is 6.92 Å². The van der Waals surface area contributed by atoms with Gasteiger partial charge in [-0.3, -0.25) is 4.79 Å². The highest BCUT2D eigenvalue weighted by atomic mass is 35.5. The van der Waals surface area contributed by atoms with E-state index in [0.717, 1.165) is 0 Å². The van der Waals surface area contributed by atoms with Crippen LogP contribution in [0.3, 0.4) is 0 Å². The molecule has 0 saturated carbocycles. The Kier molecular flexibility index (Phi) is 5.30. The predicted octanol–water partition coefficient (Wildman–Crippen LogP) is 1.24. The highest BCUT2D eigenvalue weighted by Gasteiger charge is 2.22. The van der Waals surface area contributed by atoms with Crippen LogP contribution >= 0.6 is 11.6 Å². The quantitative estimate of drug-likeness (QED) is 0.759. The molecule has 0 atom stereocenters. The van der Waals surface area contributed by atoms with Gasteiger partial charge < -0.3 is 14.4 Å². The fraction of sp³-hybridized carbons (Fsp3) is 0.375. The van der Waals surface area contributed by atoms with Crippen LogP contribution in [0.2, 0.25) is 5.02 Å². The molecule has 0 aliphatic carbocycles. The van der Waals surface area contributed by atoms with Crippen molar-refractivity contribution in [1.29, 1.82) is 0 Å². The first kappa shape index (κ1) is 17.4. The minimum absolute atomic E-state index is 0.0646. The Bertz CT molecular complexity index is 786. The molecular formula is C16H17ClN4O4. The lowest BCUT2D eigenvalue weighted by Crippen LogP contribution is -2.42.